The summed E-state index contributed by atoms with van der Waals surface area (Å²) in [4.78, 5) is 0. The summed E-state index contributed by atoms with van der Waals surface area (Å²) >= 11 is 0. The number of benzene rings is 1. The van der Waals surface area contributed by atoms with E-state index in [4.69, 9.17) is 4.74 Å². The van der Waals surface area contributed by atoms with Gasteiger partial charge in [0.15, 0.2) is 0 Å². The van der Waals surface area contributed by atoms with Crippen molar-refractivity contribution in [3.63, 3.8) is 0 Å². The molecule has 0 aliphatic carbocycles. The van der Waals surface area contributed by atoms with E-state index < -0.39 is 8.07 Å². The van der Waals surface area contributed by atoms with Crippen molar-refractivity contribution >= 4 is 13.3 Å². The Morgan fingerprint density at radius 2 is 1.93 bits per heavy atom. The Labute approximate surface area is 87.4 Å². The highest BCUT2D eigenvalue weighted by atomic mass is 28.3. The van der Waals surface area contributed by atoms with Crippen LogP contribution in [0.15, 0.2) is 43.2 Å². The number of rotatable bonds is 5. The zero-order valence-corrected chi connectivity index (χ0v) is 9.99. The number of hydrogen-bond donors (Lipinski definition) is 0. The standard InChI is InChI=1S/C12H18OSi/c1-4-13-10-11-14(2,3)12-8-6-5-7-9-12/h4-9H,1,10-11H2,2-3H3. The van der Waals surface area contributed by atoms with Crippen LogP contribution in [-0.4, -0.2) is 14.7 Å². The molecular weight excluding hydrogens is 188 g/mol. The minimum absolute atomic E-state index is 0.789. The molecule has 1 aromatic rings. The van der Waals surface area contributed by atoms with E-state index in [9.17, 15) is 0 Å². The van der Waals surface area contributed by atoms with Crippen molar-refractivity contribution in [3.8, 4) is 0 Å². The van der Waals surface area contributed by atoms with Crippen molar-refractivity contribution in [2.45, 2.75) is 19.1 Å². The van der Waals surface area contributed by atoms with Crippen LogP contribution in [0.5, 0.6) is 0 Å². The molecular formula is C12H18OSi. The van der Waals surface area contributed by atoms with Gasteiger partial charge in [0.05, 0.1) is 20.9 Å². The molecule has 0 saturated carbocycles. The van der Waals surface area contributed by atoms with Crippen LogP contribution in [0.2, 0.25) is 19.1 Å². The van der Waals surface area contributed by atoms with Crippen molar-refractivity contribution in [2.75, 3.05) is 6.61 Å². The lowest BCUT2D eigenvalue weighted by Crippen LogP contribution is -2.41. The van der Waals surface area contributed by atoms with Gasteiger partial charge in [-0.1, -0.05) is 55.2 Å². The molecule has 0 spiro atoms. The third kappa shape index (κ3) is 3.03. The molecule has 0 N–H and O–H groups in total. The summed E-state index contributed by atoms with van der Waals surface area (Å²) in [5.74, 6) is 0. The van der Waals surface area contributed by atoms with Gasteiger partial charge in [-0.15, -0.1) is 0 Å². The highest BCUT2D eigenvalue weighted by molar-refractivity contribution is 6.89. The summed E-state index contributed by atoms with van der Waals surface area (Å²) in [6, 6.07) is 11.9. The molecule has 1 aromatic carbocycles. The van der Waals surface area contributed by atoms with E-state index in [1.807, 2.05) is 0 Å². The maximum atomic E-state index is 5.19. The fraction of sp³-hybridized carbons (Fsp3) is 0.333. The number of ether oxygens (including phenoxy) is 1. The molecule has 0 heterocycles. The van der Waals surface area contributed by atoms with Gasteiger partial charge in [-0.2, -0.15) is 0 Å². The van der Waals surface area contributed by atoms with Crippen molar-refractivity contribution in [2.24, 2.45) is 0 Å². The first-order valence-corrected chi connectivity index (χ1v) is 8.15. The quantitative estimate of drug-likeness (QED) is 0.409. The van der Waals surface area contributed by atoms with Crippen LogP contribution >= 0.6 is 0 Å². The molecule has 1 nitrogen and oxygen atoms in total. The number of hydrogen-bond acceptors (Lipinski definition) is 1. The molecule has 0 aliphatic heterocycles. The largest absolute Gasteiger partial charge is 0.502 e. The average molecular weight is 206 g/mol. The minimum Gasteiger partial charge on any atom is -0.502 e. The molecule has 0 bridgehead atoms. The Morgan fingerprint density at radius 3 is 2.50 bits per heavy atom. The average Bonchev–Trinajstić information content (AvgIpc) is 2.19. The van der Waals surface area contributed by atoms with Crippen LogP contribution in [0, 0.1) is 0 Å². The molecule has 0 saturated heterocycles. The fourth-order valence-electron chi connectivity index (χ4n) is 1.43. The second-order valence-electron chi connectivity index (χ2n) is 4.04. The summed E-state index contributed by atoms with van der Waals surface area (Å²) in [5.41, 5.74) is 0. The third-order valence-electron chi connectivity index (χ3n) is 2.52. The minimum atomic E-state index is -1.29. The van der Waals surface area contributed by atoms with Crippen LogP contribution in [0.25, 0.3) is 0 Å². The normalized spacial score (nSPS) is 11.0. The summed E-state index contributed by atoms with van der Waals surface area (Å²) in [6.45, 7) is 9.08. The second kappa shape index (κ2) is 5.01. The Morgan fingerprint density at radius 1 is 1.29 bits per heavy atom. The highest BCUT2D eigenvalue weighted by Gasteiger charge is 2.22. The smallest absolute Gasteiger partial charge is 0.0852 e. The molecule has 1 rings (SSSR count). The Bertz CT molecular complexity index is 280. The monoisotopic (exact) mass is 206 g/mol. The van der Waals surface area contributed by atoms with Crippen molar-refractivity contribution in [1.82, 2.24) is 0 Å². The third-order valence-corrected chi connectivity index (χ3v) is 5.87. The molecule has 0 fully saturated rings. The maximum absolute atomic E-state index is 5.19. The predicted octanol–water partition coefficient (Wildman–Crippen LogP) is 2.76. The van der Waals surface area contributed by atoms with E-state index in [1.54, 1.807) is 0 Å². The summed E-state index contributed by atoms with van der Waals surface area (Å²) in [6.07, 6.45) is 1.52. The Balaban J connectivity index is 2.61. The molecule has 0 radical (unpaired) electrons. The topological polar surface area (TPSA) is 9.23 Å². The van der Waals surface area contributed by atoms with Crippen LogP contribution in [0.4, 0.5) is 0 Å². The molecule has 0 aliphatic rings. The fourth-order valence-corrected chi connectivity index (χ4v) is 3.44. The van der Waals surface area contributed by atoms with Gasteiger partial charge in [0, 0.05) is 0 Å². The van der Waals surface area contributed by atoms with Gasteiger partial charge in [0.25, 0.3) is 0 Å². The molecule has 14 heavy (non-hydrogen) atoms. The van der Waals surface area contributed by atoms with Gasteiger partial charge in [0.1, 0.15) is 0 Å². The van der Waals surface area contributed by atoms with Crippen molar-refractivity contribution < 1.29 is 4.74 Å². The lowest BCUT2D eigenvalue weighted by molar-refractivity contribution is 0.269. The van der Waals surface area contributed by atoms with Gasteiger partial charge >= 0.3 is 0 Å². The van der Waals surface area contributed by atoms with Crippen LogP contribution in [0.1, 0.15) is 0 Å². The van der Waals surface area contributed by atoms with Gasteiger partial charge in [-0.05, 0) is 6.04 Å². The zero-order chi connectivity index (χ0) is 10.4. The van der Waals surface area contributed by atoms with E-state index in [1.165, 1.54) is 11.4 Å². The van der Waals surface area contributed by atoms with Gasteiger partial charge in [0.2, 0.25) is 0 Å². The molecule has 0 unspecified atom stereocenters. The van der Waals surface area contributed by atoms with Gasteiger partial charge < -0.3 is 4.74 Å². The second-order valence-corrected chi connectivity index (χ2v) is 8.88. The van der Waals surface area contributed by atoms with Crippen LogP contribution in [0.3, 0.4) is 0 Å². The van der Waals surface area contributed by atoms with E-state index in [0.29, 0.717) is 0 Å². The molecule has 2 heteroatoms. The van der Waals surface area contributed by atoms with Gasteiger partial charge in [-0.3, -0.25) is 0 Å². The van der Waals surface area contributed by atoms with E-state index >= 15 is 0 Å². The van der Waals surface area contributed by atoms with Crippen molar-refractivity contribution in [1.29, 1.82) is 0 Å². The maximum Gasteiger partial charge on any atom is 0.0852 e. The van der Waals surface area contributed by atoms with Crippen LogP contribution in [-0.2, 0) is 4.74 Å². The van der Waals surface area contributed by atoms with Crippen molar-refractivity contribution in [3.05, 3.63) is 43.2 Å². The summed E-state index contributed by atoms with van der Waals surface area (Å²) in [5, 5.41) is 1.49. The molecule has 0 amide bonds. The summed E-state index contributed by atoms with van der Waals surface area (Å²) in [7, 11) is -1.29. The lowest BCUT2D eigenvalue weighted by Gasteiger charge is -2.22. The Kier molecular flexibility index (Phi) is 3.95. The Hall–Kier alpha value is -1.02. The van der Waals surface area contributed by atoms with Crippen LogP contribution < -0.4 is 5.19 Å². The lowest BCUT2D eigenvalue weighted by atomic mass is 10.4. The first kappa shape index (κ1) is 11.1. The SMILES string of the molecule is C=COCC[Si](C)(C)c1ccccc1. The van der Waals surface area contributed by atoms with E-state index in [0.717, 1.165) is 12.7 Å². The van der Waals surface area contributed by atoms with Gasteiger partial charge in [-0.25, -0.2) is 0 Å². The molecule has 0 atom stereocenters. The van der Waals surface area contributed by atoms with E-state index in [2.05, 4.69) is 50.0 Å². The summed E-state index contributed by atoms with van der Waals surface area (Å²) < 4.78 is 5.19. The first-order chi connectivity index (χ1) is 6.67. The highest BCUT2D eigenvalue weighted by Crippen LogP contribution is 2.09. The zero-order valence-electron chi connectivity index (χ0n) is 8.99. The van der Waals surface area contributed by atoms with E-state index in [-0.39, 0.29) is 0 Å². The molecule has 76 valence electrons. The molecule has 0 aromatic heterocycles. The predicted molar refractivity (Wildman–Crippen MR) is 64.5 cm³/mol. The first-order valence-electron chi connectivity index (χ1n) is 4.95.